The van der Waals surface area contributed by atoms with Gasteiger partial charge in [0.25, 0.3) is 11.5 Å². The van der Waals surface area contributed by atoms with Gasteiger partial charge in [-0.3, -0.25) is 38.6 Å². The lowest BCUT2D eigenvalue weighted by Gasteiger charge is -2.23. The molecule has 0 aromatic heterocycles. The summed E-state index contributed by atoms with van der Waals surface area (Å²) in [6.07, 6.45) is 1.32. The van der Waals surface area contributed by atoms with Crippen LogP contribution in [-0.2, 0) is 47.9 Å². The topological polar surface area (TPSA) is 420 Å². The SMILES string of the molecule is O=C(O)/C(O)=C(/O)C(=O)O.O=C(O)/C=C/C(=O)O.O=C(O)CCSCCC(=O)O.O=C(O)CN(CCN(CC(=O)O)CC(=O)O)CC(=O)O. The summed E-state index contributed by atoms with van der Waals surface area (Å²) in [7, 11) is 0. The standard InChI is InChI=1S/C10H16N2O8.C6H10O4S.C4H4O6.C4H4O4/c13-7(14)3-11(4-8(15)16)1-2-12(5-9(17)18)6-10(19)20;7-5(8)1-3-11-4-2-6(9)10;5-1(3(7)8)2(6)4(9)10;5-3(6)1-2-4(7)8/h1-6H2,(H,13,14)(H,15,16)(H,17,18)(H,19,20);1-4H2,(H,7,8)(H,9,10);5-6H,(H,7,8)(H,9,10);1-2H,(H,5,6)(H,7,8)/b;;2-1-;2-1+. The summed E-state index contributed by atoms with van der Waals surface area (Å²) in [6.45, 7) is -2.25. The first-order valence-corrected chi connectivity index (χ1v) is 13.6. The fraction of sp³-hybridized carbons (Fsp3) is 0.417. The summed E-state index contributed by atoms with van der Waals surface area (Å²) in [5, 5.41) is 98.6. The highest BCUT2D eigenvalue weighted by Crippen LogP contribution is 2.04. The molecule has 0 saturated heterocycles. The van der Waals surface area contributed by atoms with E-state index in [2.05, 4.69) is 0 Å². The zero-order chi connectivity index (χ0) is 39.3. The molecule has 0 radical (unpaired) electrons. The largest absolute Gasteiger partial charge is 0.499 e. The molecule has 12 N–H and O–H groups in total. The van der Waals surface area contributed by atoms with E-state index in [-0.39, 0.29) is 25.9 Å². The number of carboxylic acids is 10. The van der Waals surface area contributed by atoms with Crippen LogP contribution in [-0.4, -0.2) is 182 Å². The normalized spacial score (nSPS) is 10.5. The Morgan fingerprint density at radius 3 is 0.816 bits per heavy atom. The Kier molecular flexibility index (Phi) is 30.0. The number of thioether (sulfide) groups is 1. The van der Waals surface area contributed by atoms with E-state index in [1.807, 2.05) is 0 Å². The summed E-state index contributed by atoms with van der Waals surface area (Å²) >= 11 is 1.35. The lowest BCUT2D eigenvalue weighted by atomic mass is 10.4. The fourth-order valence-corrected chi connectivity index (χ4v) is 3.08. The lowest BCUT2D eigenvalue weighted by molar-refractivity contribution is -0.145. The van der Waals surface area contributed by atoms with Crippen molar-refractivity contribution in [1.82, 2.24) is 9.80 Å². The van der Waals surface area contributed by atoms with Crippen LogP contribution in [0.15, 0.2) is 23.7 Å². The van der Waals surface area contributed by atoms with E-state index < -0.39 is 97.4 Å². The van der Waals surface area contributed by atoms with E-state index in [9.17, 15) is 47.9 Å². The van der Waals surface area contributed by atoms with Crippen molar-refractivity contribution in [2.24, 2.45) is 0 Å². The van der Waals surface area contributed by atoms with E-state index in [0.717, 1.165) is 9.80 Å². The average Bonchev–Trinajstić information content (AvgIpc) is 2.93. The molecule has 0 aromatic rings. The van der Waals surface area contributed by atoms with Crippen LogP contribution in [0, 0.1) is 0 Å². The molecule has 0 aromatic carbocycles. The van der Waals surface area contributed by atoms with Crippen molar-refractivity contribution >= 4 is 71.5 Å². The van der Waals surface area contributed by atoms with Crippen LogP contribution in [0.5, 0.6) is 0 Å². The van der Waals surface area contributed by atoms with Crippen molar-refractivity contribution in [2.45, 2.75) is 12.8 Å². The van der Waals surface area contributed by atoms with E-state index in [1.54, 1.807) is 0 Å². The molecule has 0 aliphatic rings. The highest BCUT2D eigenvalue weighted by molar-refractivity contribution is 7.99. The Labute approximate surface area is 278 Å². The number of carbonyl (C=O) groups is 10. The second-order valence-electron chi connectivity index (χ2n) is 8.21. The Hall–Kier alpha value is -5.95. The molecule has 0 heterocycles. The van der Waals surface area contributed by atoms with Gasteiger partial charge in [0.1, 0.15) is 0 Å². The van der Waals surface area contributed by atoms with Gasteiger partial charge in [-0.25, -0.2) is 19.2 Å². The first-order valence-electron chi connectivity index (χ1n) is 12.5. The predicted molar refractivity (Wildman–Crippen MR) is 157 cm³/mol. The second-order valence-corrected chi connectivity index (χ2v) is 9.44. The van der Waals surface area contributed by atoms with Gasteiger partial charge in [0, 0.05) is 36.7 Å². The zero-order valence-corrected chi connectivity index (χ0v) is 25.8. The number of hydrogen-bond donors (Lipinski definition) is 12. The minimum absolute atomic E-state index is 0.0703. The Bertz CT molecular complexity index is 1110. The van der Waals surface area contributed by atoms with Crippen molar-refractivity contribution in [3.8, 4) is 0 Å². The van der Waals surface area contributed by atoms with E-state index in [0.29, 0.717) is 23.7 Å². The van der Waals surface area contributed by atoms with Crippen molar-refractivity contribution in [1.29, 1.82) is 0 Å². The Morgan fingerprint density at radius 2 is 0.653 bits per heavy atom. The van der Waals surface area contributed by atoms with Gasteiger partial charge in [0.15, 0.2) is 0 Å². The Morgan fingerprint density at radius 1 is 0.408 bits per heavy atom. The summed E-state index contributed by atoms with van der Waals surface area (Å²) in [6, 6.07) is 0. The third-order valence-corrected chi connectivity index (χ3v) is 5.07. The van der Waals surface area contributed by atoms with Gasteiger partial charge in [-0.05, 0) is 0 Å². The summed E-state index contributed by atoms with van der Waals surface area (Å²) in [4.78, 5) is 103. The smallest absolute Gasteiger partial charge is 0.375 e. The van der Waals surface area contributed by atoms with Gasteiger partial charge in [0.05, 0.1) is 39.0 Å². The molecule has 49 heavy (non-hydrogen) atoms. The molecule has 0 fully saturated rings. The van der Waals surface area contributed by atoms with Crippen molar-refractivity contribution in [3.63, 3.8) is 0 Å². The third-order valence-electron chi connectivity index (χ3n) is 4.09. The van der Waals surface area contributed by atoms with Crippen LogP contribution in [0.3, 0.4) is 0 Å². The number of nitrogens with zero attached hydrogens (tertiary/aromatic N) is 2. The quantitative estimate of drug-likeness (QED) is 0.0338. The maximum absolute atomic E-state index is 10.6. The highest BCUT2D eigenvalue weighted by Gasteiger charge is 2.18. The molecule has 0 atom stereocenters. The van der Waals surface area contributed by atoms with Gasteiger partial charge in [-0.15, -0.1) is 0 Å². The summed E-state index contributed by atoms with van der Waals surface area (Å²) in [5.74, 6) is -15.1. The molecule has 25 heteroatoms. The van der Waals surface area contributed by atoms with Crippen molar-refractivity contribution < 1.29 is 109 Å². The third kappa shape index (κ3) is 42.0. The summed E-state index contributed by atoms with van der Waals surface area (Å²) < 4.78 is 0. The minimum Gasteiger partial charge on any atom is -0.499 e. The average molecular weight is 735 g/mol. The molecule has 0 spiro atoms. The molecule has 0 rings (SSSR count). The maximum Gasteiger partial charge on any atom is 0.375 e. The van der Waals surface area contributed by atoms with Crippen LogP contribution in [0.1, 0.15) is 12.8 Å². The molecular formula is C24H34N2O22S. The van der Waals surface area contributed by atoms with Gasteiger partial charge in [-0.2, -0.15) is 11.8 Å². The Balaban J connectivity index is -0.000000297. The monoisotopic (exact) mass is 734 g/mol. The molecule has 278 valence electrons. The highest BCUT2D eigenvalue weighted by atomic mass is 32.2. The van der Waals surface area contributed by atoms with E-state index in [1.165, 1.54) is 11.8 Å². The number of aliphatic hydroxyl groups excluding tert-OH is 2. The number of rotatable bonds is 21. The van der Waals surface area contributed by atoms with E-state index in [4.69, 9.17) is 61.3 Å². The molecule has 0 amide bonds. The number of carboxylic acid groups (broad SMARTS) is 10. The van der Waals surface area contributed by atoms with Crippen LogP contribution in [0.4, 0.5) is 0 Å². The maximum atomic E-state index is 10.6. The van der Waals surface area contributed by atoms with Gasteiger partial charge in [-0.1, -0.05) is 0 Å². The lowest BCUT2D eigenvalue weighted by Crippen LogP contribution is -2.43. The van der Waals surface area contributed by atoms with Crippen LogP contribution >= 0.6 is 11.8 Å². The minimum atomic E-state index is -1.89. The first-order chi connectivity index (χ1) is 22.4. The number of aliphatic hydroxyl groups is 2. The van der Waals surface area contributed by atoms with Gasteiger partial charge in [0.2, 0.25) is 0 Å². The number of aliphatic carboxylic acids is 10. The molecule has 0 unspecified atom stereocenters. The van der Waals surface area contributed by atoms with Crippen molar-refractivity contribution in [3.05, 3.63) is 23.7 Å². The molecule has 0 saturated carbocycles. The zero-order valence-electron chi connectivity index (χ0n) is 25.0. The van der Waals surface area contributed by atoms with Gasteiger partial charge >= 0.3 is 59.7 Å². The molecule has 0 aliphatic heterocycles. The first kappa shape index (κ1) is 49.9. The van der Waals surface area contributed by atoms with Gasteiger partial charge < -0.3 is 61.3 Å². The fourth-order valence-electron chi connectivity index (χ4n) is 2.24. The van der Waals surface area contributed by atoms with Crippen LogP contribution in [0.25, 0.3) is 0 Å². The number of hydrogen-bond acceptors (Lipinski definition) is 15. The van der Waals surface area contributed by atoms with E-state index >= 15 is 0 Å². The van der Waals surface area contributed by atoms with Crippen LogP contribution in [0.2, 0.25) is 0 Å². The van der Waals surface area contributed by atoms with Crippen molar-refractivity contribution in [2.75, 3.05) is 50.8 Å². The summed E-state index contributed by atoms with van der Waals surface area (Å²) in [5.41, 5.74) is 0. The molecule has 24 nitrogen and oxygen atoms in total. The molecule has 0 bridgehead atoms. The van der Waals surface area contributed by atoms with Crippen LogP contribution < -0.4 is 0 Å². The molecular weight excluding hydrogens is 700 g/mol. The molecule has 0 aliphatic carbocycles. The second kappa shape index (κ2) is 29.5. The predicted octanol–water partition coefficient (Wildman–Crippen LogP) is -2.21.